The van der Waals surface area contributed by atoms with Gasteiger partial charge in [-0.2, -0.15) is 18.3 Å². The van der Waals surface area contributed by atoms with Crippen LogP contribution in [0.1, 0.15) is 49.6 Å². The molecule has 8 heteroatoms. The van der Waals surface area contributed by atoms with E-state index in [1.54, 1.807) is 4.90 Å². The lowest BCUT2D eigenvalue weighted by Gasteiger charge is -2.33. The van der Waals surface area contributed by atoms with Gasteiger partial charge >= 0.3 is 6.18 Å². The number of hydrogen-bond acceptors (Lipinski definition) is 3. The summed E-state index contributed by atoms with van der Waals surface area (Å²) < 4.78 is 40.9. The van der Waals surface area contributed by atoms with Crippen LogP contribution in [-0.4, -0.2) is 39.7 Å². The van der Waals surface area contributed by atoms with Crippen LogP contribution in [0.5, 0.6) is 0 Å². The van der Waals surface area contributed by atoms with Crippen LogP contribution in [-0.2, 0) is 30.4 Å². The van der Waals surface area contributed by atoms with Gasteiger partial charge in [0.15, 0.2) is 5.69 Å². The normalized spacial score (nSPS) is 20.4. The van der Waals surface area contributed by atoms with Gasteiger partial charge in [0.25, 0.3) is 0 Å². The van der Waals surface area contributed by atoms with E-state index in [4.69, 9.17) is 5.73 Å². The van der Waals surface area contributed by atoms with E-state index >= 15 is 0 Å². The predicted octanol–water partition coefficient (Wildman–Crippen LogP) is 2.37. The molecule has 1 aliphatic heterocycles. The van der Waals surface area contributed by atoms with Crippen LogP contribution in [0.15, 0.2) is 0 Å². The Labute approximate surface area is 145 Å². The Morgan fingerprint density at radius 1 is 1.28 bits per heavy atom. The van der Waals surface area contributed by atoms with Crippen LogP contribution in [0, 0.1) is 5.92 Å². The number of carbonyl (C=O) groups excluding carboxylic acids is 1. The number of halogens is 3. The van der Waals surface area contributed by atoms with E-state index in [-0.39, 0.29) is 24.1 Å². The molecule has 140 valence electrons. The second-order valence-corrected chi connectivity index (χ2v) is 7.21. The molecule has 5 nitrogen and oxygen atoms in total. The third-order valence-electron chi connectivity index (χ3n) is 5.45. The first kappa shape index (κ1) is 18.2. The monoisotopic (exact) mass is 358 g/mol. The highest BCUT2D eigenvalue weighted by Crippen LogP contribution is 2.35. The van der Waals surface area contributed by atoms with Gasteiger partial charge in [-0.15, -0.1) is 0 Å². The highest BCUT2D eigenvalue weighted by molar-refractivity contribution is 5.76. The van der Waals surface area contributed by atoms with Crippen LogP contribution < -0.4 is 5.73 Å². The number of aromatic nitrogens is 2. The van der Waals surface area contributed by atoms with Crippen molar-refractivity contribution < 1.29 is 18.0 Å². The zero-order valence-electron chi connectivity index (χ0n) is 14.5. The zero-order valence-corrected chi connectivity index (χ0v) is 14.5. The molecule has 1 fully saturated rings. The Kier molecular flexibility index (Phi) is 5.09. The summed E-state index contributed by atoms with van der Waals surface area (Å²) in [4.78, 5) is 14.3. The van der Waals surface area contributed by atoms with Crippen molar-refractivity contribution in [3.8, 4) is 0 Å². The van der Waals surface area contributed by atoms with Gasteiger partial charge in [-0.3, -0.25) is 9.48 Å². The van der Waals surface area contributed by atoms with E-state index in [2.05, 4.69) is 5.10 Å². The van der Waals surface area contributed by atoms with Crippen molar-refractivity contribution >= 4 is 5.91 Å². The topological polar surface area (TPSA) is 64.2 Å². The molecule has 1 amide bonds. The second kappa shape index (κ2) is 6.97. The fraction of sp³-hybridized carbons (Fsp3) is 0.765. The molecule has 1 atom stereocenters. The van der Waals surface area contributed by atoms with E-state index in [0.717, 1.165) is 25.7 Å². The Morgan fingerprint density at radius 2 is 1.92 bits per heavy atom. The van der Waals surface area contributed by atoms with Crippen molar-refractivity contribution in [3.05, 3.63) is 17.0 Å². The van der Waals surface area contributed by atoms with Crippen molar-refractivity contribution in [2.45, 2.75) is 64.2 Å². The summed E-state index contributed by atoms with van der Waals surface area (Å²) in [6.45, 7) is 3.08. The van der Waals surface area contributed by atoms with Crippen LogP contribution >= 0.6 is 0 Å². The summed E-state index contributed by atoms with van der Waals surface area (Å²) >= 11 is 0. The Morgan fingerprint density at radius 3 is 2.52 bits per heavy atom. The molecule has 0 radical (unpaired) electrons. The molecule has 1 saturated heterocycles. The summed E-state index contributed by atoms with van der Waals surface area (Å²) in [5.41, 5.74) is 5.95. The lowest BCUT2D eigenvalue weighted by Crippen LogP contribution is -2.43. The fourth-order valence-electron chi connectivity index (χ4n) is 3.93. The number of carbonyl (C=O) groups is 1. The number of nitrogens with zero attached hydrogens (tertiary/aromatic N) is 3. The minimum Gasteiger partial charge on any atom is -0.341 e. The third-order valence-corrected chi connectivity index (χ3v) is 5.45. The van der Waals surface area contributed by atoms with Crippen molar-refractivity contribution in [2.75, 3.05) is 13.1 Å². The molecule has 2 heterocycles. The maximum atomic E-state index is 13.2. The maximum absolute atomic E-state index is 13.2. The first-order chi connectivity index (χ1) is 11.8. The van der Waals surface area contributed by atoms with Gasteiger partial charge in [-0.1, -0.05) is 0 Å². The van der Waals surface area contributed by atoms with E-state index in [0.29, 0.717) is 37.5 Å². The lowest BCUT2D eigenvalue weighted by molar-refractivity contribution is -0.142. The second-order valence-electron chi connectivity index (χ2n) is 7.21. The SMILES string of the molecule is CC(N)C1CCN(C(=O)Cn2nc(C(F)(F)F)c3c2CCCC3)CC1. The molecule has 0 spiro atoms. The zero-order chi connectivity index (χ0) is 18.2. The van der Waals surface area contributed by atoms with Crippen LogP contribution in [0.4, 0.5) is 13.2 Å². The smallest absolute Gasteiger partial charge is 0.341 e. The predicted molar refractivity (Wildman–Crippen MR) is 86.8 cm³/mol. The lowest BCUT2D eigenvalue weighted by atomic mass is 9.91. The number of amides is 1. The Hall–Kier alpha value is -1.57. The van der Waals surface area contributed by atoms with Crippen LogP contribution in [0.3, 0.4) is 0 Å². The molecule has 2 aliphatic rings. The molecule has 0 aromatic carbocycles. The fourth-order valence-corrected chi connectivity index (χ4v) is 3.93. The van der Waals surface area contributed by atoms with Gasteiger partial charge in [0.05, 0.1) is 0 Å². The molecular formula is C17H25F3N4O. The van der Waals surface area contributed by atoms with E-state index in [9.17, 15) is 18.0 Å². The summed E-state index contributed by atoms with van der Waals surface area (Å²) in [5.74, 6) is 0.242. The van der Waals surface area contributed by atoms with E-state index in [1.165, 1.54) is 4.68 Å². The van der Waals surface area contributed by atoms with Gasteiger partial charge in [-0.05, 0) is 51.4 Å². The van der Waals surface area contributed by atoms with Crippen molar-refractivity contribution in [3.63, 3.8) is 0 Å². The molecule has 1 aliphatic carbocycles. The van der Waals surface area contributed by atoms with Crippen molar-refractivity contribution in [2.24, 2.45) is 11.7 Å². The number of fused-ring (bicyclic) bond motifs is 1. The molecule has 0 saturated carbocycles. The van der Waals surface area contributed by atoms with Crippen molar-refractivity contribution in [1.82, 2.24) is 14.7 Å². The Balaban J connectivity index is 1.73. The first-order valence-electron chi connectivity index (χ1n) is 8.96. The first-order valence-corrected chi connectivity index (χ1v) is 8.96. The highest BCUT2D eigenvalue weighted by atomic mass is 19.4. The molecule has 25 heavy (non-hydrogen) atoms. The summed E-state index contributed by atoms with van der Waals surface area (Å²) in [7, 11) is 0. The number of nitrogens with two attached hydrogens (primary N) is 1. The largest absolute Gasteiger partial charge is 0.435 e. The average molecular weight is 358 g/mol. The Bertz CT molecular complexity index is 631. The van der Waals surface area contributed by atoms with Crippen molar-refractivity contribution in [1.29, 1.82) is 0 Å². The number of rotatable bonds is 3. The summed E-state index contributed by atoms with van der Waals surface area (Å²) in [5, 5.41) is 3.77. The number of likely N-dealkylation sites (tertiary alicyclic amines) is 1. The molecule has 0 bridgehead atoms. The molecule has 1 unspecified atom stereocenters. The van der Waals surface area contributed by atoms with Gasteiger partial charge in [0.2, 0.25) is 5.91 Å². The average Bonchev–Trinajstić information content (AvgIpc) is 2.94. The quantitative estimate of drug-likeness (QED) is 0.902. The van der Waals surface area contributed by atoms with Crippen LogP contribution in [0.25, 0.3) is 0 Å². The van der Waals surface area contributed by atoms with Gasteiger partial charge in [0, 0.05) is 30.4 Å². The van der Waals surface area contributed by atoms with Gasteiger partial charge in [-0.25, -0.2) is 0 Å². The van der Waals surface area contributed by atoms with Gasteiger partial charge < -0.3 is 10.6 Å². The molecule has 2 N–H and O–H groups in total. The highest BCUT2D eigenvalue weighted by Gasteiger charge is 2.40. The summed E-state index contributed by atoms with van der Waals surface area (Å²) in [6, 6.07) is 0.102. The van der Waals surface area contributed by atoms with Crippen LogP contribution in [0.2, 0.25) is 0 Å². The molecular weight excluding hydrogens is 333 g/mol. The minimum atomic E-state index is -4.47. The van der Waals surface area contributed by atoms with E-state index < -0.39 is 11.9 Å². The van der Waals surface area contributed by atoms with Gasteiger partial charge in [0.1, 0.15) is 6.54 Å². The number of piperidine rings is 1. The van der Waals surface area contributed by atoms with E-state index in [1.807, 2.05) is 6.92 Å². The third kappa shape index (κ3) is 3.83. The molecule has 3 rings (SSSR count). The maximum Gasteiger partial charge on any atom is 0.435 e. The molecule has 1 aromatic rings. The molecule has 1 aromatic heterocycles. The standard InChI is InChI=1S/C17H25F3N4O/c1-11(21)12-6-8-23(9-7-12)15(25)10-24-14-5-3-2-4-13(14)16(22-24)17(18,19)20/h11-12H,2-10,21H2,1H3. The number of alkyl halides is 3. The summed E-state index contributed by atoms with van der Waals surface area (Å²) in [6.07, 6.45) is -0.269. The number of hydrogen-bond donors (Lipinski definition) is 1. The minimum absolute atomic E-state index is 0.102.